The first-order chi connectivity index (χ1) is 9.57. The minimum Gasteiger partial charge on any atom is -0.487 e. The Balaban J connectivity index is 1.74. The average Bonchev–Trinajstić information content (AvgIpc) is 2.74. The van der Waals surface area contributed by atoms with Gasteiger partial charge in [0.25, 0.3) is 0 Å². The summed E-state index contributed by atoms with van der Waals surface area (Å²) in [6.07, 6.45) is 3.60. The average molecular weight is 274 g/mol. The highest BCUT2D eigenvalue weighted by Gasteiger charge is 2.32. The van der Waals surface area contributed by atoms with Crippen LogP contribution >= 0.6 is 0 Å². The quantitative estimate of drug-likeness (QED) is 0.917. The van der Waals surface area contributed by atoms with Crippen molar-refractivity contribution in [3.05, 3.63) is 29.3 Å². The Morgan fingerprint density at radius 1 is 1.40 bits per heavy atom. The Morgan fingerprint density at radius 3 is 3.05 bits per heavy atom. The molecule has 1 unspecified atom stereocenters. The number of piperidine rings is 1. The second kappa shape index (κ2) is 5.38. The van der Waals surface area contributed by atoms with Crippen molar-refractivity contribution in [2.75, 3.05) is 20.1 Å². The van der Waals surface area contributed by atoms with Gasteiger partial charge >= 0.3 is 0 Å². The summed E-state index contributed by atoms with van der Waals surface area (Å²) in [7, 11) is 2.07. The van der Waals surface area contributed by atoms with Gasteiger partial charge in [-0.2, -0.15) is 0 Å². The van der Waals surface area contributed by atoms with Gasteiger partial charge in [0.05, 0.1) is 0 Å². The van der Waals surface area contributed by atoms with Crippen LogP contribution in [0.2, 0.25) is 0 Å². The van der Waals surface area contributed by atoms with E-state index in [1.54, 1.807) is 0 Å². The van der Waals surface area contributed by atoms with Crippen LogP contribution in [0.3, 0.4) is 0 Å². The first kappa shape index (κ1) is 13.9. The zero-order valence-electron chi connectivity index (χ0n) is 12.9. The molecule has 1 N–H and O–H groups in total. The molecule has 2 aliphatic rings. The molecule has 0 bridgehead atoms. The summed E-state index contributed by atoms with van der Waals surface area (Å²) in [6.45, 7) is 7.70. The van der Waals surface area contributed by atoms with E-state index in [0.717, 1.165) is 25.3 Å². The molecule has 20 heavy (non-hydrogen) atoms. The molecule has 1 atom stereocenters. The fraction of sp³-hybridized carbons (Fsp3) is 0.647. The predicted molar refractivity (Wildman–Crippen MR) is 82.2 cm³/mol. The number of fused-ring (bicyclic) bond motifs is 1. The predicted octanol–water partition coefficient (Wildman–Crippen LogP) is 2.58. The second-order valence-corrected chi connectivity index (χ2v) is 6.81. The highest BCUT2D eigenvalue weighted by Crippen LogP contribution is 2.38. The van der Waals surface area contributed by atoms with E-state index in [1.807, 2.05) is 0 Å². The molecule has 0 amide bonds. The SMILES string of the molecule is CNC1CCCN(Cc2cccc3c2OC(C)(C)C3)C1. The van der Waals surface area contributed by atoms with Crippen molar-refractivity contribution >= 4 is 0 Å². The van der Waals surface area contributed by atoms with Crippen LogP contribution in [0, 0.1) is 0 Å². The van der Waals surface area contributed by atoms with Gasteiger partial charge in [-0.3, -0.25) is 4.90 Å². The Morgan fingerprint density at radius 2 is 2.25 bits per heavy atom. The third-order valence-electron chi connectivity index (χ3n) is 4.48. The van der Waals surface area contributed by atoms with Gasteiger partial charge < -0.3 is 10.1 Å². The summed E-state index contributed by atoms with van der Waals surface area (Å²) in [5.74, 6) is 1.14. The van der Waals surface area contributed by atoms with Crippen molar-refractivity contribution < 1.29 is 4.74 Å². The van der Waals surface area contributed by atoms with Gasteiger partial charge in [0.1, 0.15) is 11.4 Å². The van der Waals surface area contributed by atoms with Crippen LogP contribution in [0.5, 0.6) is 5.75 Å². The fourth-order valence-corrected chi connectivity index (χ4v) is 3.48. The van der Waals surface area contributed by atoms with Crippen LogP contribution in [0.4, 0.5) is 0 Å². The van der Waals surface area contributed by atoms with E-state index in [1.165, 1.54) is 30.5 Å². The molecule has 3 rings (SSSR count). The molecule has 1 aromatic carbocycles. The largest absolute Gasteiger partial charge is 0.487 e. The number of hydrogen-bond donors (Lipinski definition) is 1. The Bertz CT molecular complexity index is 484. The Labute approximate surface area is 122 Å². The maximum atomic E-state index is 6.18. The lowest BCUT2D eigenvalue weighted by Gasteiger charge is -2.33. The minimum atomic E-state index is -0.0478. The van der Waals surface area contributed by atoms with E-state index < -0.39 is 0 Å². The third kappa shape index (κ3) is 2.84. The fourth-order valence-electron chi connectivity index (χ4n) is 3.48. The van der Waals surface area contributed by atoms with Gasteiger partial charge in [-0.25, -0.2) is 0 Å². The van der Waals surface area contributed by atoms with E-state index in [2.05, 4.69) is 49.3 Å². The van der Waals surface area contributed by atoms with E-state index in [-0.39, 0.29) is 5.60 Å². The highest BCUT2D eigenvalue weighted by molar-refractivity contribution is 5.45. The van der Waals surface area contributed by atoms with Crippen LogP contribution in [0.25, 0.3) is 0 Å². The van der Waals surface area contributed by atoms with E-state index >= 15 is 0 Å². The van der Waals surface area contributed by atoms with Crippen molar-refractivity contribution in [2.45, 2.75) is 51.3 Å². The summed E-state index contributed by atoms with van der Waals surface area (Å²) in [4.78, 5) is 2.55. The first-order valence-electron chi connectivity index (χ1n) is 7.77. The molecule has 110 valence electrons. The third-order valence-corrected chi connectivity index (χ3v) is 4.48. The summed E-state index contributed by atoms with van der Waals surface area (Å²) in [5, 5.41) is 3.41. The van der Waals surface area contributed by atoms with E-state index in [9.17, 15) is 0 Å². The first-order valence-corrected chi connectivity index (χ1v) is 7.77. The molecule has 0 saturated carbocycles. The molecule has 0 spiro atoms. The van der Waals surface area contributed by atoms with E-state index in [0.29, 0.717) is 6.04 Å². The lowest BCUT2D eigenvalue weighted by molar-refractivity contribution is 0.133. The van der Waals surface area contributed by atoms with Gasteiger partial charge in [-0.1, -0.05) is 18.2 Å². The summed E-state index contributed by atoms with van der Waals surface area (Å²) < 4.78 is 6.18. The second-order valence-electron chi connectivity index (χ2n) is 6.81. The molecular weight excluding hydrogens is 248 g/mol. The monoisotopic (exact) mass is 274 g/mol. The molecule has 0 radical (unpaired) electrons. The van der Waals surface area contributed by atoms with Crippen LogP contribution in [0.15, 0.2) is 18.2 Å². The van der Waals surface area contributed by atoms with Crippen LogP contribution in [-0.2, 0) is 13.0 Å². The summed E-state index contributed by atoms with van der Waals surface area (Å²) in [5.41, 5.74) is 2.67. The van der Waals surface area contributed by atoms with Gasteiger partial charge in [-0.05, 0) is 45.8 Å². The summed E-state index contributed by atoms with van der Waals surface area (Å²) >= 11 is 0. The number of likely N-dealkylation sites (tertiary alicyclic amines) is 1. The molecule has 0 aliphatic carbocycles. The number of nitrogens with one attached hydrogen (secondary N) is 1. The Hall–Kier alpha value is -1.06. The number of para-hydroxylation sites is 1. The molecular formula is C17H26N2O. The van der Waals surface area contributed by atoms with Gasteiger partial charge in [0, 0.05) is 31.1 Å². The molecule has 1 saturated heterocycles. The van der Waals surface area contributed by atoms with Crippen molar-refractivity contribution in [1.29, 1.82) is 0 Å². The van der Waals surface area contributed by atoms with Gasteiger partial charge in [0.2, 0.25) is 0 Å². The zero-order valence-corrected chi connectivity index (χ0v) is 12.9. The summed E-state index contributed by atoms with van der Waals surface area (Å²) in [6, 6.07) is 7.25. The van der Waals surface area contributed by atoms with Gasteiger partial charge in [-0.15, -0.1) is 0 Å². The van der Waals surface area contributed by atoms with E-state index in [4.69, 9.17) is 4.74 Å². The van der Waals surface area contributed by atoms with Crippen molar-refractivity contribution in [3.8, 4) is 5.75 Å². The van der Waals surface area contributed by atoms with Crippen molar-refractivity contribution in [2.24, 2.45) is 0 Å². The number of rotatable bonds is 3. The molecule has 3 nitrogen and oxygen atoms in total. The van der Waals surface area contributed by atoms with Crippen LogP contribution < -0.4 is 10.1 Å². The molecule has 0 aromatic heterocycles. The lowest BCUT2D eigenvalue weighted by Crippen LogP contribution is -2.43. The van der Waals surface area contributed by atoms with Crippen molar-refractivity contribution in [1.82, 2.24) is 10.2 Å². The molecule has 2 heterocycles. The lowest BCUT2D eigenvalue weighted by atomic mass is 10.00. The van der Waals surface area contributed by atoms with Crippen molar-refractivity contribution in [3.63, 3.8) is 0 Å². The van der Waals surface area contributed by atoms with Crippen LogP contribution in [-0.4, -0.2) is 36.7 Å². The van der Waals surface area contributed by atoms with Gasteiger partial charge in [0.15, 0.2) is 0 Å². The number of likely N-dealkylation sites (N-methyl/N-ethyl adjacent to an activating group) is 1. The zero-order chi connectivity index (χ0) is 14.2. The standard InChI is InChI=1S/C17H26N2O/c1-17(2)10-13-6-4-7-14(16(13)20-17)11-19-9-5-8-15(12-19)18-3/h4,6-7,15,18H,5,8-12H2,1-3H3. The normalized spacial score (nSPS) is 25.2. The number of hydrogen-bond acceptors (Lipinski definition) is 3. The molecule has 2 aliphatic heterocycles. The number of ether oxygens (including phenoxy) is 1. The minimum absolute atomic E-state index is 0.0478. The topological polar surface area (TPSA) is 24.5 Å². The molecule has 1 aromatic rings. The van der Waals surface area contributed by atoms with Crippen LogP contribution in [0.1, 0.15) is 37.8 Å². The smallest absolute Gasteiger partial charge is 0.127 e. The highest BCUT2D eigenvalue weighted by atomic mass is 16.5. The molecule has 1 fully saturated rings. The number of nitrogens with zero attached hydrogens (tertiary/aromatic N) is 1. The maximum Gasteiger partial charge on any atom is 0.127 e. The molecule has 3 heteroatoms. The Kier molecular flexibility index (Phi) is 3.74. The maximum absolute atomic E-state index is 6.18. The number of benzene rings is 1.